The third kappa shape index (κ3) is 5.77. The van der Waals surface area contributed by atoms with Gasteiger partial charge in [-0.3, -0.25) is 9.59 Å². The molecule has 0 aromatic heterocycles. The number of ketones is 2. The monoisotopic (exact) mass is 366 g/mol. The molecule has 0 amide bonds. The molecule has 0 atom stereocenters. The Hall–Kier alpha value is -2.53. The fourth-order valence-corrected chi connectivity index (χ4v) is 2.73. The van der Waals surface area contributed by atoms with Crippen molar-refractivity contribution in [2.45, 2.75) is 32.5 Å². The van der Waals surface area contributed by atoms with E-state index in [1.807, 2.05) is 48.1 Å². The van der Waals surface area contributed by atoms with Gasteiger partial charge in [-0.1, -0.05) is 80.3 Å². The van der Waals surface area contributed by atoms with Gasteiger partial charge in [0.25, 0.3) is 0 Å². The number of hydrogen-bond donors (Lipinski definition) is 0. The number of nitrogens with zero attached hydrogens (tertiary/aromatic N) is 2. The molecule has 0 N–H and O–H groups in total. The Morgan fingerprint density at radius 2 is 1.35 bits per heavy atom. The van der Waals surface area contributed by atoms with Gasteiger partial charge >= 0.3 is 0 Å². The van der Waals surface area contributed by atoms with E-state index in [0.29, 0.717) is 11.3 Å². The van der Waals surface area contributed by atoms with Gasteiger partial charge < -0.3 is 4.67 Å². The topological polar surface area (TPSA) is 49.7 Å². The van der Waals surface area contributed by atoms with Crippen LogP contribution < -0.4 is 0 Å². The molecule has 26 heavy (non-hydrogen) atoms. The summed E-state index contributed by atoms with van der Waals surface area (Å²) < 4.78 is 1.99. The zero-order valence-electron chi connectivity index (χ0n) is 15.9. The second-order valence-electron chi connectivity index (χ2n) is 7.29. The van der Waals surface area contributed by atoms with Gasteiger partial charge in [0.15, 0.2) is 14.0 Å². The SMILES string of the molecule is CN(N=C(CC(=O)CC(=O)c1ccccc1)c1ccccc1)[Si](C)(C)C. The summed E-state index contributed by atoms with van der Waals surface area (Å²) in [6.45, 7) is 6.58. The lowest BCUT2D eigenvalue weighted by atomic mass is 10.00. The second-order valence-corrected chi connectivity index (χ2v) is 12.3. The summed E-state index contributed by atoms with van der Waals surface area (Å²) in [5.74, 6) is -0.271. The number of hydrogen-bond acceptors (Lipinski definition) is 4. The standard InChI is InChI=1S/C21H26N2O2Si/c1-23(26(2,3)4)22-20(17-11-7-5-8-12-17)15-19(24)16-21(25)18-13-9-6-10-14-18/h5-14H,15-16H2,1-4H3. The Balaban J connectivity index is 2.17. The molecule has 2 aromatic carbocycles. The molecular formula is C21H26N2O2Si. The van der Waals surface area contributed by atoms with Crippen LogP contribution in [0.15, 0.2) is 65.8 Å². The van der Waals surface area contributed by atoms with E-state index in [1.54, 1.807) is 24.3 Å². The van der Waals surface area contributed by atoms with Crippen molar-refractivity contribution in [3.05, 3.63) is 71.8 Å². The Kier molecular flexibility index (Phi) is 6.63. The van der Waals surface area contributed by atoms with Gasteiger partial charge in [-0.05, 0) is 5.56 Å². The molecule has 0 aliphatic carbocycles. The number of carbonyl (C=O) groups is 2. The van der Waals surface area contributed by atoms with Crippen LogP contribution in [0.4, 0.5) is 0 Å². The van der Waals surface area contributed by atoms with E-state index in [0.717, 1.165) is 5.56 Å². The first-order chi connectivity index (χ1) is 12.3. The predicted octanol–water partition coefficient (Wildman–Crippen LogP) is 4.39. The fourth-order valence-electron chi connectivity index (χ4n) is 2.31. The minimum absolute atomic E-state index is 0.105. The van der Waals surface area contributed by atoms with Crippen molar-refractivity contribution in [1.82, 2.24) is 4.67 Å². The molecule has 0 saturated heterocycles. The lowest BCUT2D eigenvalue weighted by molar-refractivity contribution is -0.117. The highest BCUT2D eigenvalue weighted by molar-refractivity contribution is 6.73. The summed E-state index contributed by atoms with van der Waals surface area (Å²) in [6.07, 6.45) is 0.0456. The van der Waals surface area contributed by atoms with Crippen LogP contribution in [0.1, 0.15) is 28.8 Å². The summed E-state index contributed by atoms with van der Waals surface area (Å²) in [6, 6.07) is 18.6. The van der Waals surface area contributed by atoms with Crippen LogP contribution >= 0.6 is 0 Å². The number of carbonyl (C=O) groups excluding carboxylic acids is 2. The van der Waals surface area contributed by atoms with E-state index in [-0.39, 0.29) is 24.4 Å². The summed E-state index contributed by atoms with van der Waals surface area (Å²) in [5.41, 5.74) is 2.19. The molecule has 0 radical (unpaired) electrons. The average Bonchev–Trinajstić information content (AvgIpc) is 2.61. The Bertz CT molecular complexity index is 781. The first-order valence-electron chi connectivity index (χ1n) is 8.74. The minimum Gasteiger partial charge on any atom is -0.327 e. The smallest absolute Gasteiger partial charge is 0.170 e. The van der Waals surface area contributed by atoms with Crippen molar-refractivity contribution < 1.29 is 9.59 Å². The Morgan fingerprint density at radius 3 is 1.85 bits per heavy atom. The number of hydrazone groups is 1. The Morgan fingerprint density at radius 1 is 0.846 bits per heavy atom. The second kappa shape index (κ2) is 8.72. The van der Waals surface area contributed by atoms with E-state index in [9.17, 15) is 9.59 Å². The molecule has 2 aromatic rings. The highest BCUT2D eigenvalue weighted by Gasteiger charge is 2.21. The zero-order valence-corrected chi connectivity index (χ0v) is 16.9. The molecule has 0 saturated carbocycles. The lowest BCUT2D eigenvalue weighted by Gasteiger charge is -2.28. The average molecular weight is 367 g/mol. The maximum absolute atomic E-state index is 12.5. The van der Waals surface area contributed by atoms with Crippen molar-refractivity contribution in [1.29, 1.82) is 0 Å². The normalized spacial score (nSPS) is 11.9. The molecule has 0 bridgehead atoms. The molecule has 5 heteroatoms. The summed E-state index contributed by atoms with van der Waals surface area (Å²) in [4.78, 5) is 24.8. The van der Waals surface area contributed by atoms with Crippen molar-refractivity contribution in [2.24, 2.45) is 5.10 Å². The molecule has 4 nitrogen and oxygen atoms in total. The molecule has 0 aliphatic heterocycles. The first-order valence-corrected chi connectivity index (χ1v) is 12.2. The summed E-state index contributed by atoms with van der Waals surface area (Å²) in [7, 11) is 0.329. The maximum atomic E-state index is 12.5. The van der Waals surface area contributed by atoms with Crippen LogP contribution in [0.25, 0.3) is 0 Å². The van der Waals surface area contributed by atoms with Crippen molar-refractivity contribution >= 4 is 25.5 Å². The van der Waals surface area contributed by atoms with Gasteiger partial charge in [-0.15, -0.1) is 0 Å². The third-order valence-electron chi connectivity index (χ3n) is 4.17. The van der Waals surface area contributed by atoms with Gasteiger partial charge in [-0.2, -0.15) is 5.10 Å². The molecule has 0 spiro atoms. The van der Waals surface area contributed by atoms with Crippen LogP contribution in [0.3, 0.4) is 0 Å². The van der Waals surface area contributed by atoms with Crippen molar-refractivity contribution in [3.8, 4) is 0 Å². The quantitative estimate of drug-likeness (QED) is 0.229. The van der Waals surface area contributed by atoms with Gasteiger partial charge in [0.2, 0.25) is 0 Å². The van der Waals surface area contributed by atoms with E-state index in [2.05, 4.69) is 19.6 Å². The van der Waals surface area contributed by atoms with Gasteiger partial charge in [0.1, 0.15) is 5.78 Å². The lowest BCUT2D eigenvalue weighted by Crippen LogP contribution is -2.40. The predicted molar refractivity (Wildman–Crippen MR) is 109 cm³/mol. The van der Waals surface area contributed by atoms with Crippen LogP contribution in [-0.2, 0) is 4.79 Å². The first kappa shape index (κ1) is 19.8. The third-order valence-corrected chi connectivity index (χ3v) is 6.21. The van der Waals surface area contributed by atoms with Crippen LogP contribution in [-0.4, -0.2) is 37.2 Å². The van der Waals surface area contributed by atoms with Gasteiger partial charge in [0, 0.05) is 12.6 Å². The summed E-state index contributed by atoms with van der Waals surface area (Å²) in [5, 5.41) is 4.72. The molecule has 0 fully saturated rings. The Labute approximate surface area is 156 Å². The fraction of sp³-hybridized carbons (Fsp3) is 0.286. The molecule has 0 heterocycles. The van der Waals surface area contributed by atoms with Crippen LogP contribution in [0.5, 0.6) is 0 Å². The highest BCUT2D eigenvalue weighted by atomic mass is 28.3. The van der Waals surface area contributed by atoms with Crippen molar-refractivity contribution in [2.75, 3.05) is 7.05 Å². The summed E-state index contributed by atoms with van der Waals surface area (Å²) >= 11 is 0. The molecule has 136 valence electrons. The maximum Gasteiger partial charge on any atom is 0.170 e. The van der Waals surface area contributed by atoms with Crippen LogP contribution in [0, 0.1) is 0 Å². The number of benzene rings is 2. The zero-order chi connectivity index (χ0) is 19.2. The van der Waals surface area contributed by atoms with E-state index in [1.165, 1.54) is 0 Å². The number of rotatable bonds is 8. The molecular weight excluding hydrogens is 340 g/mol. The number of Topliss-reactive ketones (excluding diaryl/α,β-unsaturated/α-hetero) is 2. The van der Waals surface area contributed by atoms with Crippen LogP contribution in [0.2, 0.25) is 19.6 Å². The van der Waals surface area contributed by atoms with E-state index in [4.69, 9.17) is 5.10 Å². The van der Waals surface area contributed by atoms with E-state index >= 15 is 0 Å². The molecule has 0 unspecified atom stereocenters. The molecule has 0 aliphatic rings. The van der Waals surface area contributed by atoms with Gasteiger partial charge in [0.05, 0.1) is 18.6 Å². The largest absolute Gasteiger partial charge is 0.327 e. The van der Waals surface area contributed by atoms with E-state index < -0.39 is 8.24 Å². The van der Waals surface area contributed by atoms with Gasteiger partial charge in [-0.25, -0.2) is 0 Å². The highest BCUT2D eigenvalue weighted by Crippen LogP contribution is 2.13. The minimum atomic E-state index is -1.62. The molecule has 2 rings (SSSR count). The van der Waals surface area contributed by atoms with Crippen molar-refractivity contribution in [3.63, 3.8) is 0 Å².